The van der Waals surface area contributed by atoms with E-state index in [4.69, 9.17) is 0 Å². The largest absolute Gasteiger partial charge is 0.493 e. The molecule has 0 aliphatic rings. The Balaban J connectivity index is 1.70. The molecule has 0 radical (unpaired) electrons. The second kappa shape index (κ2) is 9.11. The van der Waals surface area contributed by atoms with Gasteiger partial charge in [-0.25, -0.2) is 0 Å². The second-order valence-electron chi connectivity index (χ2n) is 7.27. The molecule has 0 aliphatic heterocycles. The SMILES string of the molecule is Cc1c(C#N)c(O)n(Cc2ccccc2)c(=O)c1N=Nc1ccc(-c2ccccc2)cc1. The predicted molar refractivity (Wildman–Crippen MR) is 123 cm³/mol. The molecule has 0 saturated heterocycles. The third kappa shape index (κ3) is 4.18. The molecule has 3 aromatic carbocycles. The Morgan fingerprint density at radius 3 is 2.09 bits per heavy atom. The predicted octanol–water partition coefficient (Wildman–Crippen LogP) is 5.86. The molecule has 156 valence electrons. The van der Waals surface area contributed by atoms with Crippen LogP contribution < -0.4 is 5.56 Å². The first-order chi connectivity index (χ1) is 15.6. The number of hydrogen-bond acceptors (Lipinski definition) is 5. The van der Waals surface area contributed by atoms with Crippen LogP contribution >= 0.6 is 0 Å². The third-order valence-corrected chi connectivity index (χ3v) is 5.19. The van der Waals surface area contributed by atoms with Crippen LogP contribution in [0.5, 0.6) is 5.88 Å². The molecule has 0 spiro atoms. The highest BCUT2D eigenvalue weighted by Crippen LogP contribution is 2.28. The number of nitrogens with zero attached hydrogens (tertiary/aromatic N) is 4. The Hall–Kier alpha value is -4.50. The van der Waals surface area contributed by atoms with Gasteiger partial charge in [-0.3, -0.25) is 9.36 Å². The zero-order chi connectivity index (χ0) is 22.5. The summed E-state index contributed by atoms with van der Waals surface area (Å²) in [6.45, 7) is 1.70. The first-order valence-corrected chi connectivity index (χ1v) is 10.1. The van der Waals surface area contributed by atoms with Crippen molar-refractivity contribution < 1.29 is 5.11 Å². The minimum atomic E-state index is -0.507. The molecule has 0 bridgehead atoms. The van der Waals surface area contributed by atoms with Gasteiger partial charge in [-0.15, -0.1) is 5.11 Å². The minimum Gasteiger partial charge on any atom is -0.493 e. The molecule has 6 nitrogen and oxygen atoms in total. The molecule has 0 amide bonds. The van der Waals surface area contributed by atoms with Gasteiger partial charge in [-0.2, -0.15) is 10.4 Å². The highest BCUT2D eigenvalue weighted by Gasteiger charge is 2.19. The quantitative estimate of drug-likeness (QED) is 0.410. The molecule has 6 heteroatoms. The molecular formula is C26H20N4O2. The van der Waals surface area contributed by atoms with Gasteiger partial charge in [0, 0.05) is 5.56 Å². The van der Waals surface area contributed by atoms with Crippen LogP contribution in [0.25, 0.3) is 11.1 Å². The van der Waals surface area contributed by atoms with Gasteiger partial charge < -0.3 is 5.11 Å². The van der Waals surface area contributed by atoms with Crippen molar-refractivity contribution in [2.45, 2.75) is 13.5 Å². The van der Waals surface area contributed by atoms with Crippen molar-refractivity contribution in [3.8, 4) is 23.1 Å². The lowest BCUT2D eigenvalue weighted by molar-refractivity contribution is 0.412. The summed E-state index contributed by atoms with van der Waals surface area (Å²) < 4.78 is 1.15. The van der Waals surface area contributed by atoms with Crippen molar-refractivity contribution in [3.63, 3.8) is 0 Å². The summed E-state index contributed by atoms with van der Waals surface area (Å²) >= 11 is 0. The monoisotopic (exact) mass is 420 g/mol. The van der Waals surface area contributed by atoms with Gasteiger partial charge in [0.1, 0.15) is 11.6 Å². The van der Waals surface area contributed by atoms with Crippen molar-refractivity contribution in [1.29, 1.82) is 5.26 Å². The van der Waals surface area contributed by atoms with Gasteiger partial charge in [-0.05, 0) is 35.7 Å². The number of hydrogen-bond donors (Lipinski definition) is 1. The van der Waals surface area contributed by atoms with Gasteiger partial charge in [0.25, 0.3) is 5.56 Å². The van der Waals surface area contributed by atoms with Crippen LogP contribution in [0.3, 0.4) is 0 Å². The molecule has 0 fully saturated rings. The smallest absolute Gasteiger partial charge is 0.281 e. The fraction of sp³-hybridized carbons (Fsp3) is 0.0769. The van der Waals surface area contributed by atoms with E-state index in [1.54, 1.807) is 6.92 Å². The van der Waals surface area contributed by atoms with Gasteiger partial charge in [0.15, 0.2) is 5.69 Å². The van der Waals surface area contributed by atoms with Gasteiger partial charge in [0.05, 0.1) is 12.2 Å². The zero-order valence-electron chi connectivity index (χ0n) is 17.4. The van der Waals surface area contributed by atoms with Crippen LogP contribution in [0, 0.1) is 18.3 Å². The lowest BCUT2D eigenvalue weighted by Crippen LogP contribution is -2.22. The Kier molecular flexibility index (Phi) is 5.91. The number of nitriles is 1. The van der Waals surface area contributed by atoms with E-state index in [0.717, 1.165) is 21.3 Å². The van der Waals surface area contributed by atoms with Crippen LogP contribution in [0.15, 0.2) is 100.0 Å². The number of azo groups is 1. The number of benzene rings is 3. The highest BCUT2D eigenvalue weighted by molar-refractivity contribution is 5.65. The Morgan fingerprint density at radius 1 is 0.875 bits per heavy atom. The highest BCUT2D eigenvalue weighted by atomic mass is 16.3. The molecule has 1 N–H and O–H groups in total. The van der Waals surface area contributed by atoms with Gasteiger partial charge >= 0.3 is 0 Å². The van der Waals surface area contributed by atoms with Crippen molar-refractivity contribution in [2.75, 3.05) is 0 Å². The summed E-state index contributed by atoms with van der Waals surface area (Å²) in [5.41, 5.74) is 3.35. The summed E-state index contributed by atoms with van der Waals surface area (Å²) in [5, 5.41) is 28.4. The average molecular weight is 420 g/mol. The maximum absolute atomic E-state index is 13.1. The Morgan fingerprint density at radius 2 is 1.47 bits per heavy atom. The summed E-state index contributed by atoms with van der Waals surface area (Å²) in [4.78, 5) is 13.1. The van der Waals surface area contributed by atoms with E-state index in [-0.39, 0.29) is 23.7 Å². The molecule has 4 aromatic rings. The van der Waals surface area contributed by atoms with E-state index in [1.165, 1.54) is 0 Å². The lowest BCUT2D eigenvalue weighted by Gasteiger charge is -2.13. The molecule has 32 heavy (non-hydrogen) atoms. The summed E-state index contributed by atoms with van der Waals surface area (Å²) in [7, 11) is 0. The third-order valence-electron chi connectivity index (χ3n) is 5.19. The molecule has 1 heterocycles. The summed E-state index contributed by atoms with van der Waals surface area (Å²) in [5.74, 6) is -0.370. The first-order valence-electron chi connectivity index (χ1n) is 10.1. The van der Waals surface area contributed by atoms with Crippen LogP contribution in [0.1, 0.15) is 16.7 Å². The van der Waals surface area contributed by atoms with E-state index in [0.29, 0.717) is 11.3 Å². The van der Waals surface area contributed by atoms with E-state index in [1.807, 2.05) is 91.0 Å². The molecule has 0 atom stereocenters. The molecular weight excluding hydrogens is 400 g/mol. The fourth-order valence-corrected chi connectivity index (χ4v) is 3.43. The maximum atomic E-state index is 13.1. The Labute approximate surface area is 185 Å². The average Bonchev–Trinajstić information content (AvgIpc) is 2.84. The minimum absolute atomic E-state index is 0.00825. The molecule has 0 unspecified atom stereocenters. The summed E-state index contributed by atoms with van der Waals surface area (Å²) in [6, 6.07) is 28.7. The van der Waals surface area contributed by atoms with Crippen molar-refractivity contribution in [2.24, 2.45) is 10.2 Å². The van der Waals surface area contributed by atoms with Crippen LogP contribution in [0.4, 0.5) is 11.4 Å². The van der Waals surface area contributed by atoms with Crippen molar-refractivity contribution in [3.05, 3.63) is 112 Å². The van der Waals surface area contributed by atoms with Gasteiger partial charge in [-0.1, -0.05) is 72.8 Å². The van der Waals surface area contributed by atoms with Crippen LogP contribution in [-0.4, -0.2) is 9.67 Å². The topological polar surface area (TPSA) is 90.7 Å². The molecule has 0 aliphatic carbocycles. The van der Waals surface area contributed by atoms with E-state index in [2.05, 4.69) is 10.2 Å². The van der Waals surface area contributed by atoms with Crippen molar-refractivity contribution >= 4 is 11.4 Å². The van der Waals surface area contributed by atoms with E-state index >= 15 is 0 Å². The standard InChI is InChI=1S/C26H20N4O2/c1-18-23(16-27)25(31)30(17-19-8-4-2-5-9-19)26(32)24(18)29-28-22-14-12-21(13-15-22)20-10-6-3-7-11-20/h2-15,31H,17H2,1H3. The number of pyridine rings is 1. The lowest BCUT2D eigenvalue weighted by atomic mass is 10.1. The molecule has 4 rings (SSSR count). The normalized spacial score (nSPS) is 10.9. The van der Waals surface area contributed by atoms with Crippen molar-refractivity contribution in [1.82, 2.24) is 4.57 Å². The first kappa shape index (κ1) is 20.8. The van der Waals surface area contributed by atoms with Gasteiger partial charge in [0.2, 0.25) is 5.88 Å². The summed E-state index contributed by atoms with van der Waals surface area (Å²) in [6.07, 6.45) is 0. The number of aromatic hydroxyl groups is 1. The zero-order valence-corrected chi connectivity index (χ0v) is 17.4. The Bertz CT molecular complexity index is 1370. The molecule has 1 aromatic heterocycles. The van der Waals surface area contributed by atoms with E-state index < -0.39 is 5.56 Å². The van der Waals surface area contributed by atoms with E-state index in [9.17, 15) is 15.2 Å². The number of aromatic nitrogens is 1. The maximum Gasteiger partial charge on any atom is 0.281 e. The fourth-order valence-electron chi connectivity index (χ4n) is 3.43. The second-order valence-corrected chi connectivity index (χ2v) is 7.27. The molecule has 0 saturated carbocycles. The number of rotatable bonds is 5. The van der Waals surface area contributed by atoms with Crippen LogP contribution in [0.2, 0.25) is 0 Å². The van der Waals surface area contributed by atoms with Crippen LogP contribution in [-0.2, 0) is 6.54 Å².